The van der Waals surface area contributed by atoms with Gasteiger partial charge in [-0.1, -0.05) is 19.9 Å². The maximum atomic E-state index is 13.2. The number of benzene rings is 1. The van der Waals surface area contributed by atoms with Crippen molar-refractivity contribution in [2.75, 3.05) is 7.11 Å². The van der Waals surface area contributed by atoms with E-state index in [-0.39, 0.29) is 0 Å². The van der Waals surface area contributed by atoms with Crippen molar-refractivity contribution in [1.82, 2.24) is 0 Å². The number of carboxylic acids is 1. The van der Waals surface area contributed by atoms with Gasteiger partial charge in [0.1, 0.15) is 0 Å². The number of methoxy groups -OCH3 is 1. The number of aliphatic carboxylic acids is 1. The van der Waals surface area contributed by atoms with Gasteiger partial charge in [0.15, 0.2) is 17.7 Å². The molecule has 0 bridgehead atoms. The maximum Gasteiger partial charge on any atom is 0.333 e. The Bertz CT molecular complexity index is 429. The maximum absolute atomic E-state index is 13.2. The van der Waals surface area contributed by atoms with Crippen LogP contribution in [0.3, 0.4) is 0 Å². The van der Waals surface area contributed by atoms with E-state index >= 15 is 0 Å². The van der Waals surface area contributed by atoms with Crippen molar-refractivity contribution in [3.05, 3.63) is 29.6 Å². The second-order valence-electron chi connectivity index (χ2n) is 4.34. The molecule has 4 nitrogen and oxygen atoms in total. The Kier molecular flexibility index (Phi) is 3.72. The first-order valence-corrected chi connectivity index (χ1v) is 5.05. The Morgan fingerprint density at radius 1 is 1.47 bits per heavy atom. The van der Waals surface area contributed by atoms with Gasteiger partial charge in [-0.05, 0) is 17.7 Å². The molecule has 0 aliphatic carbocycles. The third-order valence-corrected chi connectivity index (χ3v) is 2.81. The van der Waals surface area contributed by atoms with Crippen LogP contribution in [0.4, 0.5) is 4.39 Å². The molecule has 94 valence electrons. The van der Waals surface area contributed by atoms with Crippen molar-refractivity contribution in [3.8, 4) is 5.75 Å². The number of halogens is 1. The van der Waals surface area contributed by atoms with E-state index in [1.165, 1.54) is 19.2 Å². The van der Waals surface area contributed by atoms with Crippen LogP contribution in [0.2, 0.25) is 0 Å². The van der Waals surface area contributed by atoms with E-state index in [4.69, 9.17) is 14.9 Å². The van der Waals surface area contributed by atoms with Crippen LogP contribution in [0.25, 0.3) is 0 Å². The fourth-order valence-electron chi connectivity index (χ4n) is 1.76. The highest BCUT2D eigenvalue weighted by molar-refractivity contribution is 5.74. The van der Waals surface area contributed by atoms with Crippen LogP contribution in [0.5, 0.6) is 5.75 Å². The molecular formula is C12H15FO4. The van der Waals surface area contributed by atoms with E-state index in [1.54, 1.807) is 13.8 Å². The first-order chi connectivity index (χ1) is 7.80. The molecule has 0 spiro atoms. The Morgan fingerprint density at radius 2 is 2.06 bits per heavy atom. The monoisotopic (exact) mass is 242 g/mol. The number of hydrogen-bond donors (Lipinski definition) is 2. The molecule has 0 fully saturated rings. The van der Waals surface area contributed by atoms with Crippen molar-refractivity contribution in [3.63, 3.8) is 0 Å². The molecular weight excluding hydrogens is 227 g/mol. The zero-order valence-electron chi connectivity index (χ0n) is 9.90. The summed E-state index contributed by atoms with van der Waals surface area (Å²) >= 11 is 0. The SMILES string of the molecule is COC(C(=O)O)C(C)(C)c1ccc(O)c(F)c1. The topological polar surface area (TPSA) is 66.8 Å². The minimum absolute atomic E-state index is 0.446. The molecule has 17 heavy (non-hydrogen) atoms. The summed E-state index contributed by atoms with van der Waals surface area (Å²) in [7, 11) is 1.29. The molecule has 2 N–H and O–H groups in total. The number of carboxylic acid groups (broad SMARTS) is 1. The lowest BCUT2D eigenvalue weighted by Gasteiger charge is -2.30. The average Bonchev–Trinajstić information content (AvgIpc) is 2.21. The highest BCUT2D eigenvalue weighted by Crippen LogP contribution is 2.31. The van der Waals surface area contributed by atoms with Crippen LogP contribution in [0.1, 0.15) is 19.4 Å². The quantitative estimate of drug-likeness (QED) is 0.846. The minimum Gasteiger partial charge on any atom is -0.505 e. The van der Waals surface area contributed by atoms with Crippen LogP contribution < -0.4 is 0 Å². The van der Waals surface area contributed by atoms with Gasteiger partial charge >= 0.3 is 5.97 Å². The predicted molar refractivity (Wildman–Crippen MR) is 59.5 cm³/mol. The Labute approximate surface area is 98.7 Å². The van der Waals surface area contributed by atoms with E-state index in [0.717, 1.165) is 6.07 Å². The summed E-state index contributed by atoms with van der Waals surface area (Å²) in [5.41, 5.74) is -0.461. The fourth-order valence-corrected chi connectivity index (χ4v) is 1.76. The largest absolute Gasteiger partial charge is 0.505 e. The molecule has 1 unspecified atom stereocenters. The molecule has 1 rings (SSSR count). The van der Waals surface area contributed by atoms with Crippen molar-refractivity contribution >= 4 is 5.97 Å². The normalized spacial score (nSPS) is 13.4. The molecule has 1 aromatic rings. The predicted octanol–water partition coefficient (Wildman–Crippen LogP) is 1.91. The number of phenolic OH excluding ortho intramolecular Hbond substituents is 1. The van der Waals surface area contributed by atoms with E-state index in [9.17, 15) is 9.18 Å². The number of hydrogen-bond acceptors (Lipinski definition) is 3. The third-order valence-electron chi connectivity index (χ3n) is 2.81. The van der Waals surface area contributed by atoms with Crippen LogP contribution in [0.15, 0.2) is 18.2 Å². The Morgan fingerprint density at radius 3 is 2.47 bits per heavy atom. The summed E-state index contributed by atoms with van der Waals surface area (Å²) in [6, 6.07) is 3.79. The number of carbonyl (C=O) groups is 1. The Hall–Kier alpha value is -1.62. The molecule has 0 heterocycles. The van der Waals surface area contributed by atoms with Crippen LogP contribution in [0, 0.1) is 5.82 Å². The number of ether oxygens (including phenoxy) is 1. The second-order valence-corrected chi connectivity index (χ2v) is 4.34. The molecule has 1 atom stereocenters. The van der Waals surface area contributed by atoms with Gasteiger partial charge in [-0.2, -0.15) is 0 Å². The van der Waals surface area contributed by atoms with E-state index in [2.05, 4.69) is 0 Å². The summed E-state index contributed by atoms with van der Waals surface area (Å²) in [6.45, 7) is 3.28. The van der Waals surface area contributed by atoms with Gasteiger partial charge in [0.05, 0.1) is 0 Å². The minimum atomic E-state index is -1.12. The summed E-state index contributed by atoms with van der Waals surface area (Å²) in [5.74, 6) is -2.37. The number of rotatable bonds is 4. The lowest BCUT2D eigenvalue weighted by atomic mass is 9.79. The summed E-state index contributed by atoms with van der Waals surface area (Å²) < 4.78 is 18.2. The van der Waals surface area contributed by atoms with Gasteiger partial charge in [-0.3, -0.25) is 0 Å². The molecule has 1 aromatic carbocycles. The van der Waals surface area contributed by atoms with Crippen molar-refractivity contribution in [1.29, 1.82) is 0 Å². The van der Waals surface area contributed by atoms with Gasteiger partial charge in [0, 0.05) is 12.5 Å². The van der Waals surface area contributed by atoms with E-state index < -0.39 is 29.1 Å². The van der Waals surface area contributed by atoms with Gasteiger partial charge < -0.3 is 14.9 Å². The lowest BCUT2D eigenvalue weighted by molar-refractivity contribution is -0.152. The van der Waals surface area contributed by atoms with Crippen LogP contribution in [-0.2, 0) is 14.9 Å². The van der Waals surface area contributed by atoms with E-state index in [0.29, 0.717) is 5.56 Å². The highest BCUT2D eigenvalue weighted by Gasteiger charge is 2.37. The van der Waals surface area contributed by atoms with Gasteiger partial charge in [-0.25, -0.2) is 9.18 Å². The highest BCUT2D eigenvalue weighted by atomic mass is 19.1. The standard InChI is InChI=1S/C12H15FO4/c1-12(2,10(17-3)11(15)16)7-4-5-9(14)8(13)6-7/h4-6,10,14H,1-3H3,(H,15,16). The van der Waals surface area contributed by atoms with Crippen molar-refractivity contribution in [2.24, 2.45) is 0 Å². The molecule has 0 radical (unpaired) electrons. The average molecular weight is 242 g/mol. The molecule has 0 amide bonds. The summed E-state index contributed by atoms with van der Waals surface area (Å²) in [6.07, 6.45) is -1.09. The first kappa shape index (κ1) is 13.4. The van der Waals surface area contributed by atoms with Gasteiger partial charge in [0.2, 0.25) is 0 Å². The first-order valence-electron chi connectivity index (χ1n) is 5.05. The molecule has 0 aliphatic rings. The van der Waals surface area contributed by atoms with Gasteiger partial charge in [-0.15, -0.1) is 0 Å². The molecule has 0 aliphatic heterocycles. The molecule has 5 heteroatoms. The smallest absolute Gasteiger partial charge is 0.333 e. The van der Waals surface area contributed by atoms with E-state index in [1.807, 2.05) is 0 Å². The molecule has 0 aromatic heterocycles. The third kappa shape index (κ3) is 2.55. The number of phenols is 1. The molecule has 0 saturated heterocycles. The zero-order valence-corrected chi connectivity index (χ0v) is 9.90. The van der Waals surface area contributed by atoms with Crippen LogP contribution >= 0.6 is 0 Å². The Balaban J connectivity index is 3.19. The van der Waals surface area contributed by atoms with Crippen LogP contribution in [-0.4, -0.2) is 29.4 Å². The summed E-state index contributed by atoms with van der Waals surface area (Å²) in [4.78, 5) is 11.0. The molecule has 0 saturated carbocycles. The number of aromatic hydroxyl groups is 1. The zero-order chi connectivity index (χ0) is 13.2. The summed E-state index contributed by atoms with van der Waals surface area (Å²) in [5, 5.41) is 18.1. The lowest BCUT2D eigenvalue weighted by Crippen LogP contribution is -2.41. The van der Waals surface area contributed by atoms with Crippen molar-refractivity contribution < 1.29 is 24.1 Å². The second kappa shape index (κ2) is 4.71. The van der Waals surface area contributed by atoms with Crippen molar-refractivity contribution in [2.45, 2.75) is 25.4 Å². The fraction of sp³-hybridized carbons (Fsp3) is 0.417. The van der Waals surface area contributed by atoms with Gasteiger partial charge in [0.25, 0.3) is 0 Å².